The fourth-order valence-corrected chi connectivity index (χ4v) is 2.43. The van der Waals surface area contributed by atoms with E-state index in [0.29, 0.717) is 0 Å². The first-order valence-corrected chi connectivity index (χ1v) is 9.65. The highest BCUT2D eigenvalue weighted by molar-refractivity contribution is 7.89. The van der Waals surface area contributed by atoms with E-state index in [1.807, 2.05) is 24.3 Å². The van der Waals surface area contributed by atoms with Crippen LogP contribution in [0.15, 0.2) is 59.3 Å². The first-order valence-electron chi connectivity index (χ1n) is 6.64. The molecule has 2 aliphatic rings. The molecule has 2 aliphatic carbocycles. The van der Waals surface area contributed by atoms with E-state index in [0.717, 1.165) is 33.1 Å². The molecule has 3 rings (SSSR count). The van der Waals surface area contributed by atoms with Gasteiger partial charge in [0.25, 0.3) is 20.2 Å². The molecule has 0 spiro atoms. The second-order valence-electron chi connectivity index (χ2n) is 4.89. The zero-order chi connectivity index (χ0) is 17.8. The van der Waals surface area contributed by atoms with Crippen LogP contribution in [0.1, 0.15) is 11.1 Å². The third kappa shape index (κ3) is 6.88. The van der Waals surface area contributed by atoms with E-state index in [2.05, 4.69) is 0 Å². The summed E-state index contributed by atoms with van der Waals surface area (Å²) in [6.07, 6.45) is 2.70. The lowest BCUT2D eigenvalue weighted by Gasteiger charge is -1.89. The van der Waals surface area contributed by atoms with Gasteiger partial charge in [0.1, 0.15) is 0 Å². The molecule has 1 aromatic carbocycles. The summed E-state index contributed by atoms with van der Waals surface area (Å²) in [5, 5.41) is 1.53. The summed E-state index contributed by atoms with van der Waals surface area (Å²) in [7, 11) is -7.99. The topological polar surface area (TPSA) is 109 Å². The maximum atomic E-state index is 10.3. The largest absolute Gasteiger partial charge is 0.287 e. The molecule has 126 valence electrons. The summed E-state index contributed by atoms with van der Waals surface area (Å²) < 4.78 is 57.9. The number of hydrogen-bond donors (Lipinski definition) is 2. The molecule has 0 aromatic heterocycles. The van der Waals surface area contributed by atoms with E-state index in [1.54, 1.807) is 24.3 Å². The van der Waals surface area contributed by atoms with Gasteiger partial charge in [0.05, 0.1) is 10.8 Å². The Labute approximate surface area is 140 Å². The van der Waals surface area contributed by atoms with E-state index in [-0.39, 0.29) is 0 Å². The van der Waals surface area contributed by atoms with Crippen molar-refractivity contribution in [2.45, 2.75) is 0 Å². The molecule has 0 aliphatic heterocycles. The van der Waals surface area contributed by atoms with Gasteiger partial charge in [0, 0.05) is 0 Å². The van der Waals surface area contributed by atoms with Crippen LogP contribution in [-0.4, -0.2) is 25.9 Å². The summed E-state index contributed by atoms with van der Waals surface area (Å²) in [5.74, 6) is 0. The van der Waals surface area contributed by atoms with Crippen LogP contribution in [0.5, 0.6) is 0 Å². The number of benzene rings is 2. The molecule has 0 fully saturated rings. The highest BCUT2D eigenvalue weighted by Crippen LogP contribution is 2.36. The highest BCUT2D eigenvalue weighted by Gasteiger charge is 2.12. The van der Waals surface area contributed by atoms with Crippen molar-refractivity contribution in [1.82, 2.24) is 0 Å². The van der Waals surface area contributed by atoms with Crippen LogP contribution < -0.4 is 0 Å². The molecular formula is C16H14O6S2. The summed E-state index contributed by atoms with van der Waals surface area (Å²) >= 11 is 0. The Kier molecular flexibility index (Phi) is 5.35. The van der Waals surface area contributed by atoms with Crippen molar-refractivity contribution >= 4 is 32.4 Å². The van der Waals surface area contributed by atoms with Crippen molar-refractivity contribution in [3.8, 4) is 11.1 Å². The van der Waals surface area contributed by atoms with Crippen LogP contribution in [-0.2, 0) is 20.2 Å². The van der Waals surface area contributed by atoms with Gasteiger partial charge >= 0.3 is 0 Å². The lowest BCUT2D eigenvalue weighted by molar-refractivity contribution is 0.492. The molecule has 6 nitrogen and oxygen atoms in total. The first-order chi connectivity index (χ1) is 11.1. The van der Waals surface area contributed by atoms with Crippen molar-refractivity contribution < 1.29 is 25.9 Å². The van der Waals surface area contributed by atoms with Crippen molar-refractivity contribution in [2.24, 2.45) is 0 Å². The molecule has 0 amide bonds. The van der Waals surface area contributed by atoms with Gasteiger partial charge in [-0.2, -0.15) is 16.8 Å². The summed E-state index contributed by atoms with van der Waals surface area (Å²) in [5.41, 5.74) is 3.82. The normalized spacial score (nSPS) is 12.9. The quantitative estimate of drug-likeness (QED) is 0.687. The summed E-state index contributed by atoms with van der Waals surface area (Å²) in [6.45, 7) is 0. The molecule has 24 heavy (non-hydrogen) atoms. The fourth-order valence-electron chi connectivity index (χ4n) is 1.77. The minimum Gasteiger partial charge on any atom is -0.282 e. The van der Waals surface area contributed by atoms with Gasteiger partial charge in [-0.25, -0.2) is 0 Å². The lowest BCUT2D eigenvalue weighted by atomic mass is 10.2. The molecule has 0 heterocycles. The Hall–Kier alpha value is -2.26. The molecule has 0 saturated heterocycles. The molecule has 8 heteroatoms. The van der Waals surface area contributed by atoms with E-state index in [9.17, 15) is 16.8 Å². The predicted molar refractivity (Wildman–Crippen MR) is 93.0 cm³/mol. The zero-order valence-corrected chi connectivity index (χ0v) is 13.9. The highest BCUT2D eigenvalue weighted by atomic mass is 32.2. The first kappa shape index (κ1) is 18.1. The molecule has 0 saturated carbocycles. The Balaban J connectivity index is 0.000000174. The molecular weight excluding hydrogens is 352 g/mol. The van der Waals surface area contributed by atoms with Gasteiger partial charge < -0.3 is 0 Å². The van der Waals surface area contributed by atoms with Crippen LogP contribution in [0.4, 0.5) is 0 Å². The van der Waals surface area contributed by atoms with Gasteiger partial charge in [-0.1, -0.05) is 30.3 Å². The van der Waals surface area contributed by atoms with Gasteiger partial charge in [-0.05, 0) is 52.6 Å². The van der Waals surface area contributed by atoms with Gasteiger partial charge in [0.15, 0.2) is 0 Å². The number of fused-ring (bicyclic) bond motifs is 1. The molecule has 0 bridgehead atoms. The van der Waals surface area contributed by atoms with Crippen molar-refractivity contribution in [1.29, 1.82) is 0 Å². The lowest BCUT2D eigenvalue weighted by Crippen LogP contribution is -1.88. The van der Waals surface area contributed by atoms with Crippen LogP contribution >= 0.6 is 0 Å². The predicted octanol–water partition coefficient (Wildman–Crippen LogP) is 3.07. The molecule has 0 unspecified atom stereocenters. The smallest absolute Gasteiger partial charge is 0.282 e. The van der Waals surface area contributed by atoms with Gasteiger partial charge in [0.2, 0.25) is 0 Å². The Morgan fingerprint density at radius 2 is 1.12 bits per heavy atom. The Bertz CT molecular complexity index is 928. The minimum absolute atomic E-state index is 0.732. The second kappa shape index (κ2) is 7.10. The maximum absolute atomic E-state index is 10.3. The van der Waals surface area contributed by atoms with Crippen LogP contribution in [0.3, 0.4) is 0 Å². The van der Waals surface area contributed by atoms with Crippen molar-refractivity contribution in [3.05, 3.63) is 70.5 Å². The number of hydrogen-bond acceptors (Lipinski definition) is 4. The molecule has 0 radical (unpaired) electrons. The number of rotatable bonds is 4. The maximum Gasteiger partial charge on any atom is 0.287 e. The third-order valence-electron chi connectivity index (χ3n) is 2.87. The van der Waals surface area contributed by atoms with Crippen molar-refractivity contribution in [3.63, 3.8) is 0 Å². The van der Waals surface area contributed by atoms with E-state index >= 15 is 0 Å². The van der Waals surface area contributed by atoms with E-state index < -0.39 is 20.2 Å². The Morgan fingerprint density at radius 3 is 1.58 bits per heavy atom. The summed E-state index contributed by atoms with van der Waals surface area (Å²) in [6, 6.07) is 14.6. The average Bonchev–Trinajstić information content (AvgIpc) is 3.10. The van der Waals surface area contributed by atoms with Gasteiger partial charge in [-0.15, -0.1) is 0 Å². The average molecular weight is 366 g/mol. The standard InChI is InChI=1S/C8H6O3S.C8H8O3S/c9-12(10,11)2-1-6-3-7-5-8(7)4-6;9-12(10,11)7-6-8-4-2-1-3-5-8/h1-5H,(H,9,10,11);1-7H,(H,9,10,11). The fraction of sp³-hybridized carbons (Fsp3) is 0. The van der Waals surface area contributed by atoms with E-state index in [1.165, 1.54) is 12.2 Å². The zero-order valence-electron chi connectivity index (χ0n) is 12.3. The van der Waals surface area contributed by atoms with Crippen LogP contribution in [0, 0.1) is 0 Å². The molecule has 1 aromatic rings. The van der Waals surface area contributed by atoms with Gasteiger partial charge in [-0.3, -0.25) is 9.11 Å². The monoisotopic (exact) mass is 366 g/mol. The second-order valence-corrected chi connectivity index (χ2v) is 7.49. The molecule has 0 atom stereocenters. The van der Waals surface area contributed by atoms with Crippen molar-refractivity contribution in [2.75, 3.05) is 0 Å². The van der Waals surface area contributed by atoms with Crippen LogP contribution in [0.25, 0.3) is 23.3 Å². The molecule has 2 N–H and O–H groups in total. The summed E-state index contributed by atoms with van der Waals surface area (Å²) in [4.78, 5) is 0. The third-order valence-corrected chi connectivity index (χ3v) is 3.83. The Morgan fingerprint density at radius 1 is 0.667 bits per heavy atom. The van der Waals surface area contributed by atoms with E-state index in [4.69, 9.17) is 9.11 Å². The van der Waals surface area contributed by atoms with Crippen LogP contribution in [0.2, 0.25) is 0 Å². The minimum atomic E-state index is -4.00. The SMILES string of the molecule is O=S(=O)(O)C=Cc1cc2cc-2c1.O=S(=O)(O)C=Cc1ccccc1.